The van der Waals surface area contributed by atoms with Gasteiger partial charge in [-0.1, -0.05) is 18.2 Å². The number of anilines is 2. The number of carbonyl (C=O) groups is 2. The van der Waals surface area contributed by atoms with E-state index in [0.29, 0.717) is 13.2 Å². The van der Waals surface area contributed by atoms with E-state index in [1.165, 1.54) is 4.90 Å². The van der Waals surface area contributed by atoms with Gasteiger partial charge >= 0.3 is 0 Å². The first-order valence-corrected chi connectivity index (χ1v) is 9.86. The van der Waals surface area contributed by atoms with Crippen LogP contribution in [0.1, 0.15) is 19.8 Å². The van der Waals surface area contributed by atoms with E-state index in [0.717, 1.165) is 43.1 Å². The summed E-state index contributed by atoms with van der Waals surface area (Å²) in [5.74, 6) is 0.871. The fourth-order valence-electron chi connectivity index (χ4n) is 3.46. The highest BCUT2D eigenvalue weighted by Gasteiger charge is 2.28. The molecule has 1 saturated heterocycles. The summed E-state index contributed by atoms with van der Waals surface area (Å²) in [7, 11) is 0. The molecule has 1 aliphatic heterocycles. The van der Waals surface area contributed by atoms with Gasteiger partial charge in [-0.2, -0.15) is 0 Å². The van der Waals surface area contributed by atoms with Crippen LogP contribution in [0.2, 0.25) is 0 Å². The summed E-state index contributed by atoms with van der Waals surface area (Å²) in [4.78, 5) is 25.9. The third kappa shape index (κ3) is 5.82. The van der Waals surface area contributed by atoms with Crippen LogP contribution in [-0.2, 0) is 9.59 Å². The highest BCUT2D eigenvalue weighted by atomic mass is 16.5. The monoisotopic (exact) mass is 382 g/mol. The predicted octanol–water partition coefficient (Wildman–Crippen LogP) is 1.96. The summed E-state index contributed by atoms with van der Waals surface area (Å²) < 4.78 is 5.40. The van der Waals surface area contributed by atoms with Crippen LogP contribution in [0.4, 0.5) is 11.4 Å². The average Bonchev–Trinajstić information content (AvgIpc) is 2.71. The standard InChI is InChI=1S/C22H27N3O3/c1-2-28-20-10-8-19(9-11-20)23-21(26)16-25-14-12-17(13-15-25)22(27)24-18-6-4-3-5-7-18/h3-11,17H,2,12-16H2,1H3,(H,23,26)(H,24,27)/p+1. The molecule has 3 N–H and O–H groups in total. The fourth-order valence-corrected chi connectivity index (χ4v) is 3.46. The number of para-hydroxylation sites is 1. The highest BCUT2D eigenvalue weighted by molar-refractivity contribution is 5.93. The molecule has 3 rings (SSSR count). The Morgan fingerprint density at radius 1 is 0.964 bits per heavy atom. The minimum atomic E-state index is -0.00801. The molecule has 1 fully saturated rings. The quantitative estimate of drug-likeness (QED) is 0.686. The second kappa shape index (κ2) is 9.90. The Hall–Kier alpha value is -2.86. The third-order valence-corrected chi connectivity index (χ3v) is 4.96. The highest BCUT2D eigenvalue weighted by Crippen LogP contribution is 2.16. The molecule has 0 aromatic heterocycles. The number of rotatable bonds is 7. The molecule has 6 heteroatoms. The fraction of sp³-hybridized carbons (Fsp3) is 0.364. The zero-order chi connectivity index (χ0) is 19.8. The van der Waals surface area contributed by atoms with Crippen molar-refractivity contribution in [2.75, 3.05) is 36.9 Å². The van der Waals surface area contributed by atoms with Crippen molar-refractivity contribution in [2.24, 2.45) is 5.92 Å². The summed E-state index contributed by atoms with van der Waals surface area (Å²) in [5, 5.41) is 5.91. The lowest BCUT2D eigenvalue weighted by Gasteiger charge is -2.28. The first kappa shape index (κ1) is 19.9. The van der Waals surface area contributed by atoms with E-state index < -0.39 is 0 Å². The molecular weight excluding hydrogens is 354 g/mol. The first-order chi connectivity index (χ1) is 13.6. The van der Waals surface area contributed by atoms with Crippen LogP contribution in [0.5, 0.6) is 5.75 Å². The summed E-state index contributed by atoms with van der Waals surface area (Å²) in [6.45, 7) is 4.62. The zero-order valence-corrected chi connectivity index (χ0v) is 16.2. The topological polar surface area (TPSA) is 71.9 Å². The maximum Gasteiger partial charge on any atom is 0.279 e. The van der Waals surface area contributed by atoms with Crippen LogP contribution in [-0.4, -0.2) is 38.1 Å². The molecule has 2 amide bonds. The van der Waals surface area contributed by atoms with Crippen LogP contribution in [0, 0.1) is 5.92 Å². The Morgan fingerprint density at radius 2 is 1.61 bits per heavy atom. The van der Waals surface area contributed by atoms with E-state index in [4.69, 9.17) is 4.74 Å². The van der Waals surface area contributed by atoms with Gasteiger partial charge in [-0.3, -0.25) is 9.59 Å². The molecule has 2 aromatic rings. The molecule has 1 heterocycles. The summed E-state index contributed by atoms with van der Waals surface area (Å²) in [5.41, 5.74) is 1.60. The number of nitrogens with one attached hydrogen (secondary N) is 3. The molecule has 0 spiro atoms. The van der Waals surface area contributed by atoms with E-state index in [9.17, 15) is 9.59 Å². The molecule has 1 aliphatic rings. The summed E-state index contributed by atoms with van der Waals surface area (Å²) >= 11 is 0. The van der Waals surface area contributed by atoms with E-state index in [2.05, 4.69) is 10.6 Å². The number of carbonyl (C=O) groups excluding carboxylic acids is 2. The molecule has 6 nitrogen and oxygen atoms in total. The number of hydrogen-bond acceptors (Lipinski definition) is 3. The summed E-state index contributed by atoms with van der Waals surface area (Å²) in [6, 6.07) is 16.9. The van der Waals surface area contributed by atoms with Crippen molar-refractivity contribution in [3.63, 3.8) is 0 Å². The molecule has 0 atom stereocenters. The van der Waals surface area contributed by atoms with E-state index >= 15 is 0 Å². The Labute approximate surface area is 165 Å². The maximum absolute atomic E-state index is 12.4. The van der Waals surface area contributed by atoms with Crippen molar-refractivity contribution >= 4 is 23.2 Å². The predicted molar refractivity (Wildman–Crippen MR) is 110 cm³/mol. The van der Waals surface area contributed by atoms with Crippen LogP contribution in [0.3, 0.4) is 0 Å². The number of likely N-dealkylation sites (tertiary alicyclic amines) is 1. The van der Waals surface area contributed by atoms with Gasteiger partial charge in [0.15, 0.2) is 6.54 Å². The van der Waals surface area contributed by atoms with Crippen molar-refractivity contribution in [3.8, 4) is 5.75 Å². The van der Waals surface area contributed by atoms with Gasteiger partial charge in [0.05, 0.1) is 19.7 Å². The molecule has 0 saturated carbocycles. The van der Waals surface area contributed by atoms with Gasteiger partial charge in [-0.25, -0.2) is 0 Å². The van der Waals surface area contributed by atoms with Gasteiger partial charge < -0.3 is 20.3 Å². The number of benzene rings is 2. The largest absolute Gasteiger partial charge is 0.494 e. The van der Waals surface area contributed by atoms with Crippen LogP contribution in [0.25, 0.3) is 0 Å². The van der Waals surface area contributed by atoms with Gasteiger partial charge in [0.1, 0.15) is 5.75 Å². The van der Waals surface area contributed by atoms with Gasteiger partial charge in [0.25, 0.3) is 5.91 Å². The number of hydrogen-bond donors (Lipinski definition) is 3. The molecule has 148 valence electrons. The lowest BCUT2D eigenvalue weighted by molar-refractivity contribution is -0.897. The number of amides is 2. The van der Waals surface area contributed by atoms with Crippen LogP contribution < -0.4 is 20.3 Å². The SMILES string of the molecule is CCOc1ccc(NC(=O)C[NH+]2CCC(C(=O)Nc3ccccc3)CC2)cc1. The van der Waals surface area contributed by atoms with E-state index in [-0.39, 0.29) is 17.7 Å². The molecule has 0 unspecified atom stereocenters. The minimum Gasteiger partial charge on any atom is -0.494 e. The summed E-state index contributed by atoms with van der Waals surface area (Å²) in [6.07, 6.45) is 1.59. The Kier molecular flexibility index (Phi) is 7.03. The van der Waals surface area contributed by atoms with Crippen molar-refractivity contribution in [3.05, 3.63) is 54.6 Å². The first-order valence-electron chi connectivity index (χ1n) is 9.86. The Bertz CT molecular complexity index is 769. The lowest BCUT2D eigenvalue weighted by atomic mass is 9.96. The minimum absolute atomic E-state index is 0.00801. The van der Waals surface area contributed by atoms with Crippen LogP contribution >= 0.6 is 0 Å². The van der Waals surface area contributed by atoms with Crippen molar-refractivity contribution in [1.82, 2.24) is 0 Å². The average molecular weight is 382 g/mol. The number of piperidine rings is 1. The van der Waals surface area contributed by atoms with Crippen LogP contribution in [0.15, 0.2) is 54.6 Å². The lowest BCUT2D eigenvalue weighted by Crippen LogP contribution is -3.14. The molecule has 0 radical (unpaired) electrons. The molecule has 0 aliphatic carbocycles. The smallest absolute Gasteiger partial charge is 0.279 e. The molecule has 2 aromatic carbocycles. The second-order valence-electron chi connectivity index (χ2n) is 7.06. The number of quaternary nitrogens is 1. The van der Waals surface area contributed by atoms with E-state index in [1.54, 1.807) is 0 Å². The third-order valence-electron chi connectivity index (χ3n) is 4.96. The van der Waals surface area contributed by atoms with Crippen molar-refractivity contribution < 1.29 is 19.2 Å². The number of ether oxygens (including phenoxy) is 1. The maximum atomic E-state index is 12.4. The van der Waals surface area contributed by atoms with Gasteiger partial charge in [0, 0.05) is 30.1 Å². The molecule has 28 heavy (non-hydrogen) atoms. The van der Waals surface area contributed by atoms with Gasteiger partial charge in [-0.05, 0) is 43.3 Å². The van der Waals surface area contributed by atoms with Gasteiger partial charge in [0.2, 0.25) is 5.91 Å². The second-order valence-corrected chi connectivity index (χ2v) is 7.06. The zero-order valence-electron chi connectivity index (χ0n) is 16.2. The van der Waals surface area contributed by atoms with E-state index in [1.807, 2.05) is 61.5 Å². The van der Waals surface area contributed by atoms with Gasteiger partial charge in [-0.15, -0.1) is 0 Å². The Morgan fingerprint density at radius 3 is 2.25 bits per heavy atom. The molecular formula is C22H28N3O3+. The Balaban J connectivity index is 1.41. The molecule has 0 bridgehead atoms. The normalized spacial score (nSPS) is 18.9. The van der Waals surface area contributed by atoms with Crippen molar-refractivity contribution in [1.29, 1.82) is 0 Å². The van der Waals surface area contributed by atoms with Crippen molar-refractivity contribution in [2.45, 2.75) is 19.8 Å².